The van der Waals surface area contributed by atoms with Gasteiger partial charge in [-0.25, -0.2) is 4.52 Å². The van der Waals surface area contributed by atoms with E-state index in [2.05, 4.69) is 20.8 Å². The molecule has 1 N–H and O–H groups in total. The number of carbonyl (C=O) groups is 1. The molecule has 8 nitrogen and oxygen atoms in total. The highest BCUT2D eigenvalue weighted by Gasteiger charge is 2.54. The molecule has 4 atom stereocenters. The fourth-order valence-electron chi connectivity index (χ4n) is 3.55. The average molecular weight is 303 g/mol. The molecular weight excluding hydrogens is 286 g/mol. The minimum absolute atomic E-state index is 0.104. The molecular formula is C14H17N5O3. The van der Waals surface area contributed by atoms with Crippen molar-refractivity contribution in [1.82, 2.24) is 25.4 Å². The maximum atomic E-state index is 12.5. The van der Waals surface area contributed by atoms with Gasteiger partial charge in [-0.05, 0) is 29.0 Å². The lowest BCUT2D eigenvalue weighted by Gasteiger charge is -2.47. The quantitative estimate of drug-likeness (QED) is 0.848. The van der Waals surface area contributed by atoms with Gasteiger partial charge in [0.15, 0.2) is 5.65 Å². The van der Waals surface area contributed by atoms with Crippen LogP contribution in [0.3, 0.4) is 0 Å². The van der Waals surface area contributed by atoms with Crippen molar-refractivity contribution in [3.63, 3.8) is 0 Å². The molecule has 0 aromatic carbocycles. The molecule has 116 valence electrons. The summed E-state index contributed by atoms with van der Waals surface area (Å²) in [5.41, 5.74) is 1.11. The summed E-state index contributed by atoms with van der Waals surface area (Å²) in [4.78, 5) is 12.5. The highest BCUT2D eigenvalue weighted by atomic mass is 16.5. The van der Waals surface area contributed by atoms with Gasteiger partial charge in [0.05, 0.1) is 12.7 Å². The van der Waals surface area contributed by atoms with Crippen molar-refractivity contribution in [3.05, 3.63) is 23.9 Å². The Balaban J connectivity index is 1.50. The van der Waals surface area contributed by atoms with E-state index in [-0.39, 0.29) is 24.0 Å². The van der Waals surface area contributed by atoms with E-state index < -0.39 is 0 Å². The van der Waals surface area contributed by atoms with E-state index in [1.165, 1.54) is 4.52 Å². The number of nitrogens with zero attached hydrogens (tertiary/aromatic N) is 4. The second kappa shape index (κ2) is 5.29. The summed E-state index contributed by atoms with van der Waals surface area (Å²) in [6, 6.07) is 3.50. The highest BCUT2D eigenvalue weighted by molar-refractivity contribution is 5.95. The zero-order chi connectivity index (χ0) is 15.1. The number of aromatic nitrogens is 4. The van der Waals surface area contributed by atoms with Gasteiger partial charge < -0.3 is 14.8 Å². The number of amides is 1. The van der Waals surface area contributed by atoms with Crippen LogP contribution in [0.1, 0.15) is 16.8 Å². The second-order valence-corrected chi connectivity index (χ2v) is 5.80. The summed E-state index contributed by atoms with van der Waals surface area (Å²) < 4.78 is 12.5. The summed E-state index contributed by atoms with van der Waals surface area (Å²) >= 11 is 0. The fourth-order valence-corrected chi connectivity index (χ4v) is 3.55. The standard InChI is InChI=1S/C14H17N5O3/c1-21-7-10-12(9-3-5-22-13(9)10)15-14(20)8-2-4-19-11(6-8)16-17-18-19/h2,4,6,9-10,12-13H,3,5,7H2,1H3,(H,15,20)/t9-,10+,12+,13-/m1/s1. The molecule has 22 heavy (non-hydrogen) atoms. The van der Waals surface area contributed by atoms with Gasteiger partial charge in [0.25, 0.3) is 5.91 Å². The third kappa shape index (κ3) is 2.06. The third-order valence-corrected chi connectivity index (χ3v) is 4.65. The van der Waals surface area contributed by atoms with Gasteiger partial charge in [0.1, 0.15) is 0 Å². The van der Waals surface area contributed by atoms with E-state index in [0.717, 1.165) is 13.0 Å². The Morgan fingerprint density at radius 3 is 3.36 bits per heavy atom. The lowest BCUT2D eigenvalue weighted by atomic mass is 9.67. The molecule has 2 aromatic heterocycles. The number of tetrazole rings is 1. The Bertz CT molecular complexity index is 703. The first kappa shape index (κ1) is 13.6. The number of nitrogens with one attached hydrogen (secondary N) is 1. The maximum absolute atomic E-state index is 12.5. The van der Waals surface area contributed by atoms with Gasteiger partial charge >= 0.3 is 0 Å². The minimum Gasteiger partial charge on any atom is -0.384 e. The zero-order valence-electron chi connectivity index (χ0n) is 12.2. The number of rotatable bonds is 4. The summed E-state index contributed by atoms with van der Waals surface area (Å²) in [7, 11) is 1.67. The van der Waals surface area contributed by atoms with Crippen molar-refractivity contribution in [2.45, 2.75) is 18.6 Å². The molecule has 1 saturated carbocycles. The van der Waals surface area contributed by atoms with Crippen LogP contribution in [-0.4, -0.2) is 58.4 Å². The van der Waals surface area contributed by atoms with Crippen LogP contribution in [-0.2, 0) is 9.47 Å². The van der Waals surface area contributed by atoms with E-state index in [1.807, 2.05) is 0 Å². The van der Waals surface area contributed by atoms with E-state index >= 15 is 0 Å². The van der Waals surface area contributed by atoms with E-state index in [1.54, 1.807) is 25.4 Å². The Kier molecular flexibility index (Phi) is 3.27. The van der Waals surface area contributed by atoms with Gasteiger partial charge in [0, 0.05) is 43.4 Å². The molecule has 8 heteroatoms. The monoisotopic (exact) mass is 303 g/mol. The molecule has 0 bridgehead atoms. The number of methoxy groups -OCH3 is 1. The maximum Gasteiger partial charge on any atom is 0.251 e. The SMILES string of the molecule is COC[C@H]1[C@@H](NC(=O)c2ccn3nnnc3c2)[C@H]2CCO[C@H]21. The van der Waals surface area contributed by atoms with Crippen LogP contribution in [0.15, 0.2) is 18.3 Å². The Morgan fingerprint density at radius 1 is 1.59 bits per heavy atom. The molecule has 3 heterocycles. The molecule has 2 aliphatic rings. The van der Waals surface area contributed by atoms with Crippen molar-refractivity contribution < 1.29 is 14.3 Å². The van der Waals surface area contributed by atoms with Crippen molar-refractivity contribution >= 4 is 11.6 Å². The number of hydrogen-bond acceptors (Lipinski definition) is 6. The summed E-state index contributed by atoms with van der Waals surface area (Å²) in [6.45, 7) is 1.36. The average Bonchev–Trinajstić information content (AvgIpc) is 3.16. The van der Waals surface area contributed by atoms with Crippen LogP contribution in [0, 0.1) is 11.8 Å². The lowest BCUT2D eigenvalue weighted by Crippen LogP contribution is -2.62. The van der Waals surface area contributed by atoms with Gasteiger partial charge in [-0.2, -0.15) is 0 Å². The second-order valence-electron chi connectivity index (χ2n) is 5.80. The van der Waals surface area contributed by atoms with Crippen LogP contribution in [0.2, 0.25) is 0 Å². The fraction of sp³-hybridized carbons (Fsp3) is 0.571. The number of fused-ring (bicyclic) bond motifs is 2. The van der Waals surface area contributed by atoms with Crippen LogP contribution >= 0.6 is 0 Å². The molecule has 0 radical (unpaired) electrons. The van der Waals surface area contributed by atoms with Gasteiger partial charge in [-0.15, -0.1) is 5.10 Å². The number of ether oxygens (including phenoxy) is 2. The predicted octanol–water partition coefficient (Wildman–Crippen LogP) is -0.0960. The van der Waals surface area contributed by atoms with Gasteiger partial charge in [-0.3, -0.25) is 4.79 Å². The zero-order valence-corrected chi connectivity index (χ0v) is 12.2. The van der Waals surface area contributed by atoms with Crippen LogP contribution in [0.25, 0.3) is 5.65 Å². The van der Waals surface area contributed by atoms with E-state index in [4.69, 9.17) is 9.47 Å². The molecule has 1 aliphatic carbocycles. The van der Waals surface area contributed by atoms with Crippen LogP contribution in [0.4, 0.5) is 0 Å². The molecule has 1 saturated heterocycles. The topological polar surface area (TPSA) is 90.6 Å². The first-order chi connectivity index (χ1) is 10.8. The van der Waals surface area contributed by atoms with Crippen molar-refractivity contribution in [1.29, 1.82) is 0 Å². The number of carbonyl (C=O) groups excluding carboxylic acids is 1. The molecule has 2 aromatic rings. The van der Waals surface area contributed by atoms with Crippen molar-refractivity contribution in [2.24, 2.45) is 11.8 Å². The predicted molar refractivity (Wildman–Crippen MR) is 75.2 cm³/mol. The van der Waals surface area contributed by atoms with Gasteiger partial charge in [-0.1, -0.05) is 0 Å². The lowest BCUT2D eigenvalue weighted by molar-refractivity contribution is -0.0809. The van der Waals surface area contributed by atoms with Crippen LogP contribution in [0.5, 0.6) is 0 Å². The molecule has 1 aliphatic heterocycles. The van der Waals surface area contributed by atoms with Crippen LogP contribution < -0.4 is 5.32 Å². The van der Waals surface area contributed by atoms with Crippen molar-refractivity contribution in [2.75, 3.05) is 20.3 Å². The third-order valence-electron chi connectivity index (χ3n) is 4.65. The first-order valence-electron chi connectivity index (χ1n) is 7.37. The normalized spacial score (nSPS) is 30.0. The Hall–Kier alpha value is -2.06. The molecule has 1 amide bonds. The number of hydrogen-bond donors (Lipinski definition) is 1. The largest absolute Gasteiger partial charge is 0.384 e. The Labute approximate surface area is 126 Å². The molecule has 0 spiro atoms. The van der Waals surface area contributed by atoms with Crippen molar-refractivity contribution in [3.8, 4) is 0 Å². The summed E-state index contributed by atoms with van der Waals surface area (Å²) in [6.07, 6.45) is 2.88. The van der Waals surface area contributed by atoms with E-state index in [0.29, 0.717) is 23.7 Å². The van der Waals surface area contributed by atoms with Gasteiger partial charge in [0.2, 0.25) is 0 Å². The Morgan fingerprint density at radius 2 is 2.50 bits per heavy atom. The molecule has 0 unspecified atom stereocenters. The minimum atomic E-state index is -0.109. The first-order valence-corrected chi connectivity index (χ1v) is 7.37. The number of pyridine rings is 1. The summed E-state index contributed by atoms with van der Waals surface area (Å²) in [5.74, 6) is 0.504. The summed E-state index contributed by atoms with van der Waals surface area (Å²) in [5, 5.41) is 14.3. The molecule has 4 rings (SSSR count). The highest BCUT2D eigenvalue weighted by Crippen LogP contribution is 2.43. The van der Waals surface area contributed by atoms with E-state index in [9.17, 15) is 4.79 Å². The smallest absolute Gasteiger partial charge is 0.251 e. The molecule has 2 fully saturated rings.